The Hall–Kier alpha value is -4.45. The third-order valence-corrected chi connectivity index (χ3v) is 14.0. The van der Waals surface area contributed by atoms with Crippen molar-refractivity contribution in [3.05, 3.63) is 170 Å². The van der Waals surface area contributed by atoms with Crippen LogP contribution in [0.15, 0.2) is 170 Å². The van der Waals surface area contributed by atoms with Gasteiger partial charge in [-0.2, -0.15) is 0 Å². The molecule has 7 atom stereocenters. The third-order valence-electron chi connectivity index (χ3n) is 14.0. The van der Waals surface area contributed by atoms with Gasteiger partial charge in [0.2, 0.25) is 5.91 Å². The van der Waals surface area contributed by atoms with Crippen molar-refractivity contribution in [2.24, 2.45) is 0 Å². The Morgan fingerprint density at radius 3 is 1.17 bits per heavy atom. The lowest BCUT2D eigenvalue weighted by atomic mass is 9.99. The average molecular weight is 1140 g/mol. The van der Waals surface area contributed by atoms with Crippen molar-refractivity contribution in [3.63, 3.8) is 0 Å². The van der Waals surface area contributed by atoms with Crippen LogP contribution in [0.1, 0.15) is 226 Å². The van der Waals surface area contributed by atoms with Gasteiger partial charge in [-0.05, 0) is 128 Å². The number of carbonyl (C=O) groups excluding carboxylic acids is 1. The van der Waals surface area contributed by atoms with Gasteiger partial charge in [0.25, 0.3) is 0 Å². The van der Waals surface area contributed by atoms with Gasteiger partial charge in [-0.25, -0.2) is 0 Å². The number of aliphatic hydroxyl groups excluding tert-OH is 5. The van der Waals surface area contributed by atoms with Crippen molar-refractivity contribution >= 4 is 5.91 Å². The summed E-state index contributed by atoms with van der Waals surface area (Å²) in [4.78, 5) is 13.1. The van der Waals surface area contributed by atoms with Gasteiger partial charge in [-0.1, -0.05) is 261 Å². The zero-order chi connectivity index (χ0) is 59.3. The van der Waals surface area contributed by atoms with Crippen molar-refractivity contribution in [3.8, 4) is 0 Å². The first-order valence-electron chi connectivity index (χ1n) is 32.4. The fraction of sp³-hybridized carbons (Fsp3) is 0.603. The van der Waals surface area contributed by atoms with Crippen LogP contribution in [0, 0.1) is 0 Å². The Morgan fingerprint density at radius 2 is 0.768 bits per heavy atom. The predicted octanol–water partition coefficient (Wildman–Crippen LogP) is 17.3. The van der Waals surface area contributed by atoms with Crippen LogP contribution >= 0.6 is 0 Å². The zero-order valence-corrected chi connectivity index (χ0v) is 51.4. The number of hydrogen-bond acceptors (Lipinski definition) is 8. The van der Waals surface area contributed by atoms with E-state index < -0.39 is 49.5 Å². The highest BCUT2D eigenvalue weighted by molar-refractivity contribution is 5.76. The van der Waals surface area contributed by atoms with E-state index >= 15 is 0 Å². The van der Waals surface area contributed by atoms with E-state index in [-0.39, 0.29) is 12.5 Å². The first kappa shape index (κ1) is 75.6. The smallest absolute Gasteiger partial charge is 0.220 e. The first-order chi connectivity index (χ1) is 40.3. The minimum Gasteiger partial charge on any atom is -0.394 e. The van der Waals surface area contributed by atoms with Gasteiger partial charge in [0.15, 0.2) is 6.29 Å². The number of hydrogen-bond donors (Lipinski definition) is 6. The van der Waals surface area contributed by atoms with Crippen LogP contribution in [0.3, 0.4) is 0 Å². The van der Waals surface area contributed by atoms with Crippen molar-refractivity contribution < 1.29 is 39.8 Å². The summed E-state index contributed by atoms with van der Waals surface area (Å²) in [5.41, 5.74) is 0. The van der Waals surface area contributed by atoms with Gasteiger partial charge in [0, 0.05) is 6.42 Å². The van der Waals surface area contributed by atoms with Crippen molar-refractivity contribution in [1.29, 1.82) is 0 Å². The van der Waals surface area contributed by atoms with E-state index in [2.05, 4.69) is 177 Å². The summed E-state index contributed by atoms with van der Waals surface area (Å²) in [6.45, 7) is 3.62. The van der Waals surface area contributed by atoms with Crippen LogP contribution in [0.2, 0.25) is 0 Å². The Labute approximate surface area is 500 Å². The Balaban J connectivity index is 2.24. The first-order valence-corrected chi connectivity index (χ1v) is 32.4. The highest BCUT2D eigenvalue weighted by atomic mass is 16.7. The lowest BCUT2D eigenvalue weighted by Crippen LogP contribution is -2.60. The van der Waals surface area contributed by atoms with Crippen LogP contribution in [0.4, 0.5) is 0 Å². The zero-order valence-electron chi connectivity index (χ0n) is 51.4. The van der Waals surface area contributed by atoms with Gasteiger partial charge >= 0.3 is 0 Å². The highest BCUT2D eigenvalue weighted by Gasteiger charge is 2.44. The number of rotatable bonds is 53. The van der Waals surface area contributed by atoms with E-state index in [0.717, 1.165) is 128 Å². The van der Waals surface area contributed by atoms with Crippen molar-refractivity contribution in [2.75, 3.05) is 13.2 Å². The molecule has 0 aromatic heterocycles. The predicted molar refractivity (Wildman–Crippen MR) is 349 cm³/mol. The van der Waals surface area contributed by atoms with Crippen LogP contribution in [0.25, 0.3) is 0 Å². The van der Waals surface area contributed by atoms with E-state index in [9.17, 15) is 30.3 Å². The van der Waals surface area contributed by atoms with E-state index in [4.69, 9.17) is 9.47 Å². The molecule has 9 heteroatoms. The molecule has 82 heavy (non-hydrogen) atoms. The van der Waals surface area contributed by atoms with Gasteiger partial charge in [0.1, 0.15) is 24.4 Å². The molecule has 0 spiro atoms. The molecule has 6 N–H and O–H groups in total. The summed E-state index contributed by atoms with van der Waals surface area (Å²) < 4.78 is 11.3. The standard InChI is InChI=1S/C73H117NO8/c1-3-5-7-9-11-13-15-17-19-21-23-25-26-27-28-29-30-31-32-33-34-35-36-37-38-39-40-41-42-43-45-47-49-51-53-55-57-59-61-63-69(77)74-66(65-81-73-72(80)71(79)70(78)68(64-75)82-73)67(76)62-60-58-56-54-52-50-48-46-44-24-22-20-18-16-14-12-10-8-6-4-2/h5,7,11,13,17,19,23,25,27-28,30-31,33-34,36-37,39-40,42-44,46-47,49,52,54,60,62,66-68,70-73,75-76,78-80H,3-4,6,8-10,12,14-16,18,20-22,24,26,29,32,35,38,41,45,48,50-51,53,55-59,61,63-65H2,1-2H3,(H,74,77)/b7-5-,13-11-,19-17-,25-23-,28-27-,31-30-,34-33-,37-36-,40-39-,43-42-,46-44+,49-47-,54-52+,62-60+. The van der Waals surface area contributed by atoms with E-state index in [1.165, 1.54) is 64.2 Å². The van der Waals surface area contributed by atoms with E-state index in [1.807, 2.05) is 6.08 Å². The normalized spacial score (nSPS) is 19.5. The highest BCUT2D eigenvalue weighted by Crippen LogP contribution is 2.23. The van der Waals surface area contributed by atoms with Crippen LogP contribution in [-0.2, 0) is 14.3 Å². The number of unbranched alkanes of at least 4 members (excludes halogenated alkanes) is 17. The van der Waals surface area contributed by atoms with Crippen LogP contribution in [0.5, 0.6) is 0 Å². The molecular formula is C73H117NO8. The maximum Gasteiger partial charge on any atom is 0.220 e. The fourth-order valence-corrected chi connectivity index (χ4v) is 8.96. The Bertz CT molecular complexity index is 1890. The maximum atomic E-state index is 13.1. The van der Waals surface area contributed by atoms with Gasteiger partial charge in [-0.3, -0.25) is 4.79 Å². The molecule has 0 bridgehead atoms. The molecule has 1 saturated heterocycles. The molecule has 1 fully saturated rings. The molecule has 1 heterocycles. The number of allylic oxidation sites excluding steroid dienone is 27. The molecule has 1 rings (SSSR count). The second-order valence-electron chi connectivity index (χ2n) is 21.4. The monoisotopic (exact) mass is 1140 g/mol. The summed E-state index contributed by atoms with van der Waals surface area (Å²) in [7, 11) is 0. The number of ether oxygens (including phenoxy) is 2. The van der Waals surface area contributed by atoms with Crippen molar-refractivity contribution in [2.45, 2.75) is 269 Å². The van der Waals surface area contributed by atoms with Crippen molar-refractivity contribution in [1.82, 2.24) is 5.32 Å². The minimum absolute atomic E-state index is 0.217. The second kappa shape index (κ2) is 59.7. The molecule has 1 aliphatic rings. The molecule has 462 valence electrons. The molecule has 0 aromatic carbocycles. The van der Waals surface area contributed by atoms with Gasteiger partial charge in [0.05, 0.1) is 25.4 Å². The molecule has 0 radical (unpaired) electrons. The second-order valence-corrected chi connectivity index (χ2v) is 21.4. The van der Waals surface area contributed by atoms with Gasteiger partial charge < -0.3 is 40.3 Å². The number of aliphatic hydroxyl groups is 5. The summed E-state index contributed by atoms with van der Waals surface area (Å²) in [6.07, 6.45) is 88.6. The minimum atomic E-state index is -1.59. The van der Waals surface area contributed by atoms with E-state index in [1.54, 1.807) is 6.08 Å². The maximum absolute atomic E-state index is 13.1. The summed E-state index contributed by atoms with van der Waals surface area (Å²) in [5.74, 6) is -0.217. The quantitative estimate of drug-likeness (QED) is 0.0261. The Kier molecular flexibility index (Phi) is 55.0. The average Bonchev–Trinajstić information content (AvgIpc) is 3.52. The number of nitrogens with one attached hydrogen (secondary N) is 1. The topological polar surface area (TPSA) is 149 Å². The van der Waals surface area contributed by atoms with Gasteiger partial charge in [-0.15, -0.1) is 0 Å². The molecule has 9 nitrogen and oxygen atoms in total. The Morgan fingerprint density at radius 1 is 0.427 bits per heavy atom. The van der Waals surface area contributed by atoms with Crippen LogP contribution in [-0.4, -0.2) is 87.5 Å². The summed E-state index contributed by atoms with van der Waals surface area (Å²) >= 11 is 0. The van der Waals surface area contributed by atoms with Crippen LogP contribution < -0.4 is 5.32 Å². The molecule has 1 aliphatic heterocycles. The summed E-state index contributed by atoms with van der Waals surface area (Å²) in [5, 5.41) is 54.6. The molecule has 0 aromatic rings. The molecule has 0 saturated carbocycles. The lowest BCUT2D eigenvalue weighted by molar-refractivity contribution is -0.302. The number of carbonyl (C=O) groups is 1. The largest absolute Gasteiger partial charge is 0.394 e. The summed E-state index contributed by atoms with van der Waals surface area (Å²) in [6, 6.07) is -0.853. The molecule has 0 aliphatic carbocycles. The molecule has 1 amide bonds. The molecule has 7 unspecified atom stereocenters. The molecular weight excluding hydrogens is 1020 g/mol. The fourth-order valence-electron chi connectivity index (χ4n) is 8.96. The lowest BCUT2D eigenvalue weighted by Gasteiger charge is -2.40. The SMILES string of the molecule is CC/C=C\C/C=C\C/C=C\C/C=C\C/C=C\C/C=C\C/C=C\C/C=C\C/C=C\C/C=C\C/C=C\CCCCCCCC(=O)NC(COC1OC(CO)C(O)C(O)C1O)C(O)/C=C/CC/C=C/CC/C=C/CCCCCCCCCCCC. The third kappa shape index (κ3) is 48.0. The van der Waals surface area contributed by atoms with E-state index in [0.29, 0.717) is 19.3 Å². The number of amides is 1.